The summed E-state index contributed by atoms with van der Waals surface area (Å²) < 4.78 is 0. The Morgan fingerprint density at radius 3 is 2.46 bits per heavy atom. The lowest BCUT2D eigenvalue weighted by Crippen LogP contribution is -2.33. The maximum atomic E-state index is 4.63. The van der Waals surface area contributed by atoms with Crippen molar-refractivity contribution in [2.45, 2.75) is 26.8 Å². The predicted molar refractivity (Wildman–Crippen MR) is 60.0 cm³/mol. The lowest BCUT2D eigenvalue weighted by molar-refractivity contribution is 0.341. The molecule has 0 aromatic rings. The van der Waals surface area contributed by atoms with Crippen LogP contribution in [0.2, 0.25) is 0 Å². The summed E-state index contributed by atoms with van der Waals surface area (Å²) in [5.41, 5.74) is 3.47. The fourth-order valence-corrected chi connectivity index (χ4v) is 2.41. The van der Waals surface area contributed by atoms with E-state index in [-0.39, 0.29) is 5.41 Å². The van der Waals surface area contributed by atoms with E-state index < -0.39 is 0 Å². The Balaban J connectivity index is 2.54. The maximum absolute atomic E-state index is 4.63. The second-order valence-electron chi connectivity index (χ2n) is 4.63. The van der Waals surface area contributed by atoms with Crippen LogP contribution >= 0.6 is 11.8 Å². The van der Waals surface area contributed by atoms with Gasteiger partial charge in [0, 0.05) is 19.8 Å². The first kappa shape index (κ1) is 10.9. The molecule has 1 aliphatic rings. The first-order valence-corrected chi connectivity index (χ1v) is 5.53. The molecule has 1 unspecified atom stereocenters. The highest BCUT2D eigenvalue weighted by atomic mass is 32.2. The largest absolute Gasteiger partial charge is 0.298 e. The molecule has 1 N–H and O–H groups in total. The van der Waals surface area contributed by atoms with Crippen LogP contribution in [0.15, 0.2) is 4.99 Å². The van der Waals surface area contributed by atoms with Crippen molar-refractivity contribution in [1.29, 1.82) is 0 Å². The Morgan fingerprint density at radius 2 is 2.08 bits per heavy atom. The number of hydrogen-bond acceptors (Lipinski definition) is 4. The highest BCUT2D eigenvalue weighted by Gasteiger charge is 2.29. The third-order valence-electron chi connectivity index (χ3n) is 1.97. The number of nitrogens with one attached hydrogen (secondary N) is 1. The van der Waals surface area contributed by atoms with E-state index >= 15 is 0 Å². The van der Waals surface area contributed by atoms with Gasteiger partial charge in [-0.2, -0.15) is 0 Å². The van der Waals surface area contributed by atoms with Crippen LogP contribution in [0.25, 0.3) is 0 Å². The van der Waals surface area contributed by atoms with Crippen LogP contribution in [0.5, 0.6) is 0 Å². The van der Waals surface area contributed by atoms with Gasteiger partial charge in [0.1, 0.15) is 0 Å². The monoisotopic (exact) mass is 201 g/mol. The molecule has 0 spiro atoms. The van der Waals surface area contributed by atoms with Crippen molar-refractivity contribution in [3.05, 3.63) is 0 Å². The molecule has 0 amide bonds. The molecule has 1 heterocycles. The Bertz CT molecular complexity index is 205. The molecule has 0 aromatic heterocycles. The van der Waals surface area contributed by atoms with Gasteiger partial charge in [-0.1, -0.05) is 32.5 Å². The summed E-state index contributed by atoms with van der Waals surface area (Å²) in [6, 6.07) is 0.444. The highest BCUT2D eigenvalue weighted by Crippen LogP contribution is 2.30. The summed E-state index contributed by atoms with van der Waals surface area (Å²) in [7, 11) is 3.96. The molecule has 0 fully saturated rings. The van der Waals surface area contributed by atoms with Crippen molar-refractivity contribution in [3.63, 3.8) is 0 Å². The summed E-state index contributed by atoms with van der Waals surface area (Å²) >= 11 is 1.80. The van der Waals surface area contributed by atoms with Crippen LogP contribution in [0.3, 0.4) is 0 Å². The zero-order valence-electron chi connectivity index (χ0n) is 9.09. The minimum Gasteiger partial charge on any atom is -0.298 e. The lowest BCUT2D eigenvalue weighted by Gasteiger charge is -2.22. The predicted octanol–water partition coefficient (Wildman–Crippen LogP) is 1.57. The van der Waals surface area contributed by atoms with Crippen molar-refractivity contribution in [2.75, 3.05) is 19.8 Å². The molecule has 0 bridgehead atoms. The van der Waals surface area contributed by atoms with Crippen molar-refractivity contribution >= 4 is 16.9 Å². The van der Waals surface area contributed by atoms with Crippen LogP contribution in [0, 0.1) is 5.41 Å². The van der Waals surface area contributed by atoms with Crippen LogP contribution in [-0.4, -0.2) is 36.1 Å². The average Bonchev–Trinajstić information content (AvgIpc) is 2.32. The van der Waals surface area contributed by atoms with E-state index in [1.54, 1.807) is 11.8 Å². The fraction of sp³-hybridized carbons (Fsp3) is 0.889. The number of hydrazine groups is 1. The average molecular weight is 201 g/mol. The normalized spacial score (nSPS) is 23.5. The number of aliphatic imine (C=N–C) groups is 1. The first-order valence-electron chi connectivity index (χ1n) is 4.54. The van der Waals surface area contributed by atoms with E-state index in [9.17, 15) is 0 Å². The minimum atomic E-state index is 0.280. The summed E-state index contributed by atoms with van der Waals surface area (Å²) in [6.45, 7) is 6.71. The zero-order valence-corrected chi connectivity index (χ0v) is 9.90. The van der Waals surface area contributed by atoms with Crippen molar-refractivity contribution < 1.29 is 0 Å². The minimum absolute atomic E-state index is 0.280. The zero-order chi connectivity index (χ0) is 10.1. The molecular formula is C9H19N3S. The smallest absolute Gasteiger partial charge is 0.171 e. The fourth-order valence-electron chi connectivity index (χ4n) is 1.07. The molecule has 0 saturated heterocycles. The van der Waals surface area contributed by atoms with Gasteiger partial charge in [0.2, 0.25) is 0 Å². The summed E-state index contributed by atoms with van der Waals surface area (Å²) in [5.74, 6) is 1.10. The lowest BCUT2D eigenvalue weighted by atomic mass is 9.88. The third kappa shape index (κ3) is 3.19. The maximum Gasteiger partial charge on any atom is 0.171 e. The van der Waals surface area contributed by atoms with Gasteiger partial charge in [0.15, 0.2) is 5.17 Å². The Labute approximate surface area is 85.0 Å². The van der Waals surface area contributed by atoms with E-state index in [1.807, 2.05) is 19.1 Å². The number of amidine groups is 1. The number of hydrogen-bond donors (Lipinski definition) is 1. The first-order chi connectivity index (χ1) is 5.89. The Kier molecular flexibility index (Phi) is 3.24. The van der Waals surface area contributed by atoms with Gasteiger partial charge in [-0.3, -0.25) is 10.4 Å². The van der Waals surface area contributed by atoms with Crippen molar-refractivity contribution in [3.8, 4) is 0 Å². The summed E-state index contributed by atoms with van der Waals surface area (Å²) in [5, 5.41) is 2.97. The molecule has 13 heavy (non-hydrogen) atoms. The number of nitrogens with zero attached hydrogens (tertiary/aromatic N) is 2. The van der Waals surface area contributed by atoms with Crippen LogP contribution in [-0.2, 0) is 0 Å². The van der Waals surface area contributed by atoms with E-state index in [4.69, 9.17) is 0 Å². The van der Waals surface area contributed by atoms with Gasteiger partial charge < -0.3 is 0 Å². The van der Waals surface area contributed by atoms with E-state index in [0.29, 0.717) is 6.04 Å². The van der Waals surface area contributed by atoms with Gasteiger partial charge >= 0.3 is 0 Å². The quantitative estimate of drug-likeness (QED) is 0.653. The van der Waals surface area contributed by atoms with Crippen LogP contribution < -0.4 is 5.43 Å². The molecule has 0 radical (unpaired) electrons. The Morgan fingerprint density at radius 1 is 1.46 bits per heavy atom. The van der Waals surface area contributed by atoms with Crippen LogP contribution in [0.1, 0.15) is 20.8 Å². The Hall–Kier alpha value is -0.220. The van der Waals surface area contributed by atoms with E-state index in [0.717, 1.165) is 10.9 Å². The molecule has 1 rings (SSSR count). The van der Waals surface area contributed by atoms with Crippen molar-refractivity contribution in [2.24, 2.45) is 10.4 Å². The topological polar surface area (TPSA) is 27.6 Å². The van der Waals surface area contributed by atoms with E-state index in [1.165, 1.54) is 0 Å². The summed E-state index contributed by atoms with van der Waals surface area (Å²) in [4.78, 5) is 4.63. The summed E-state index contributed by atoms with van der Waals surface area (Å²) in [6.07, 6.45) is 0. The number of rotatable bonds is 1. The SMILES string of the molecule is CN(C)NC1=NC(C(C)(C)C)CS1. The van der Waals surface area contributed by atoms with Gasteiger partial charge in [0.05, 0.1) is 6.04 Å². The molecule has 3 nitrogen and oxygen atoms in total. The second-order valence-corrected chi connectivity index (χ2v) is 5.64. The van der Waals surface area contributed by atoms with Crippen molar-refractivity contribution in [1.82, 2.24) is 10.4 Å². The van der Waals surface area contributed by atoms with Gasteiger partial charge in [-0.25, -0.2) is 5.01 Å². The van der Waals surface area contributed by atoms with Gasteiger partial charge in [-0.05, 0) is 5.41 Å². The molecule has 0 aromatic carbocycles. The molecule has 1 atom stereocenters. The molecule has 0 saturated carbocycles. The third-order valence-corrected chi connectivity index (χ3v) is 2.92. The molecular weight excluding hydrogens is 182 g/mol. The molecule has 1 aliphatic heterocycles. The second kappa shape index (κ2) is 3.88. The van der Waals surface area contributed by atoms with Gasteiger partial charge in [-0.15, -0.1) is 0 Å². The molecule has 4 heteroatoms. The van der Waals surface area contributed by atoms with E-state index in [2.05, 4.69) is 31.2 Å². The molecule has 0 aliphatic carbocycles. The standard InChI is InChI=1S/C9H19N3S/c1-9(2,3)7-6-13-8(10-7)11-12(4)5/h7H,6H2,1-5H3,(H,10,11). The molecule has 76 valence electrons. The van der Waals surface area contributed by atoms with Gasteiger partial charge in [0.25, 0.3) is 0 Å². The number of thioether (sulfide) groups is 1. The highest BCUT2D eigenvalue weighted by molar-refractivity contribution is 8.14. The van der Waals surface area contributed by atoms with Crippen LogP contribution in [0.4, 0.5) is 0 Å².